The summed E-state index contributed by atoms with van der Waals surface area (Å²) in [6.45, 7) is 1.91. The Kier molecular flexibility index (Phi) is 4.78. The molecule has 0 radical (unpaired) electrons. The lowest BCUT2D eigenvalue weighted by molar-refractivity contribution is 0.405. The Bertz CT molecular complexity index is 615. The quantitative estimate of drug-likeness (QED) is 0.902. The molecule has 0 amide bonds. The van der Waals surface area contributed by atoms with E-state index in [0.29, 0.717) is 0 Å². The van der Waals surface area contributed by atoms with E-state index in [1.807, 2.05) is 38.2 Å². The maximum Gasteiger partial charge on any atom is 0.125 e. The van der Waals surface area contributed by atoms with E-state index >= 15 is 0 Å². The van der Waals surface area contributed by atoms with Crippen LogP contribution in [0.25, 0.3) is 0 Å². The Hall–Kier alpha value is -1.39. The molecule has 1 atom stereocenters. The van der Waals surface area contributed by atoms with Crippen LogP contribution in [0, 0.1) is 12.7 Å². The van der Waals surface area contributed by atoms with E-state index in [2.05, 4.69) is 21.2 Å². The van der Waals surface area contributed by atoms with Crippen molar-refractivity contribution in [1.82, 2.24) is 5.32 Å². The second-order valence-corrected chi connectivity index (χ2v) is 5.52. The van der Waals surface area contributed by atoms with Gasteiger partial charge in [0.05, 0.1) is 13.2 Å². The first-order valence-electron chi connectivity index (χ1n) is 6.33. The molecule has 0 saturated heterocycles. The van der Waals surface area contributed by atoms with Gasteiger partial charge in [-0.05, 0) is 49.4 Å². The van der Waals surface area contributed by atoms with Gasteiger partial charge in [0.2, 0.25) is 0 Å². The smallest absolute Gasteiger partial charge is 0.125 e. The van der Waals surface area contributed by atoms with E-state index in [4.69, 9.17) is 4.74 Å². The van der Waals surface area contributed by atoms with E-state index in [1.54, 1.807) is 13.2 Å². The van der Waals surface area contributed by atoms with Crippen LogP contribution in [0.15, 0.2) is 40.9 Å². The Labute approximate surface area is 127 Å². The minimum Gasteiger partial charge on any atom is -0.496 e. The van der Waals surface area contributed by atoms with E-state index < -0.39 is 0 Å². The van der Waals surface area contributed by atoms with Crippen molar-refractivity contribution in [3.05, 3.63) is 63.4 Å². The van der Waals surface area contributed by atoms with Crippen LogP contribution in [-0.4, -0.2) is 14.2 Å². The van der Waals surface area contributed by atoms with Crippen molar-refractivity contribution in [3.63, 3.8) is 0 Å². The fraction of sp³-hybridized carbons (Fsp3) is 0.250. The highest BCUT2D eigenvalue weighted by Gasteiger charge is 2.18. The fourth-order valence-electron chi connectivity index (χ4n) is 2.37. The molecular formula is C16H17BrFNO. The van der Waals surface area contributed by atoms with Gasteiger partial charge in [-0.15, -0.1) is 0 Å². The zero-order valence-corrected chi connectivity index (χ0v) is 13.3. The summed E-state index contributed by atoms with van der Waals surface area (Å²) in [7, 11) is 3.53. The zero-order chi connectivity index (χ0) is 14.7. The zero-order valence-electron chi connectivity index (χ0n) is 11.7. The van der Waals surface area contributed by atoms with Crippen molar-refractivity contribution in [2.45, 2.75) is 13.0 Å². The molecule has 2 aromatic carbocycles. The molecule has 4 heteroatoms. The van der Waals surface area contributed by atoms with Gasteiger partial charge in [0, 0.05) is 10.0 Å². The van der Waals surface area contributed by atoms with Gasteiger partial charge < -0.3 is 10.1 Å². The van der Waals surface area contributed by atoms with Crippen LogP contribution in [0.2, 0.25) is 0 Å². The highest BCUT2D eigenvalue weighted by atomic mass is 79.9. The maximum absolute atomic E-state index is 13.3. The number of halogens is 2. The molecule has 1 unspecified atom stereocenters. The van der Waals surface area contributed by atoms with Crippen molar-refractivity contribution in [3.8, 4) is 5.75 Å². The van der Waals surface area contributed by atoms with Crippen LogP contribution in [-0.2, 0) is 0 Å². The minimum atomic E-state index is -0.219. The summed E-state index contributed by atoms with van der Waals surface area (Å²) in [6.07, 6.45) is 0. The van der Waals surface area contributed by atoms with Crippen molar-refractivity contribution in [1.29, 1.82) is 0 Å². The summed E-state index contributed by atoms with van der Waals surface area (Å²) < 4.78 is 19.7. The van der Waals surface area contributed by atoms with Crippen LogP contribution < -0.4 is 10.1 Å². The Balaban J connectivity index is 2.52. The van der Waals surface area contributed by atoms with Crippen molar-refractivity contribution in [2.24, 2.45) is 0 Å². The molecule has 0 aliphatic heterocycles. The fourth-order valence-corrected chi connectivity index (χ4v) is 2.71. The number of hydrogen-bond donors (Lipinski definition) is 1. The second-order valence-electron chi connectivity index (χ2n) is 4.61. The molecule has 0 saturated carbocycles. The molecule has 0 bridgehead atoms. The third-order valence-corrected chi connectivity index (χ3v) is 3.83. The van der Waals surface area contributed by atoms with Crippen molar-refractivity contribution >= 4 is 15.9 Å². The molecule has 2 aromatic rings. The van der Waals surface area contributed by atoms with Gasteiger partial charge in [0.1, 0.15) is 11.6 Å². The largest absolute Gasteiger partial charge is 0.496 e. The summed E-state index contributed by atoms with van der Waals surface area (Å²) in [6, 6.07) is 10.7. The number of nitrogens with one attached hydrogen (secondary N) is 1. The highest BCUT2D eigenvalue weighted by molar-refractivity contribution is 9.10. The molecule has 1 N–H and O–H groups in total. The molecule has 0 heterocycles. The SMILES string of the molecule is CNC(c1ccc(F)cc1C)c1ccc(Br)cc1OC. The van der Waals surface area contributed by atoms with Crippen LogP contribution >= 0.6 is 15.9 Å². The van der Waals surface area contributed by atoms with Crippen LogP contribution in [0.5, 0.6) is 5.75 Å². The Morgan fingerprint density at radius 1 is 1.15 bits per heavy atom. The third kappa shape index (κ3) is 3.02. The molecule has 0 spiro atoms. The number of rotatable bonds is 4. The number of methoxy groups -OCH3 is 1. The van der Waals surface area contributed by atoms with Crippen molar-refractivity contribution < 1.29 is 9.13 Å². The lowest BCUT2D eigenvalue weighted by Crippen LogP contribution is -2.19. The average Bonchev–Trinajstić information content (AvgIpc) is 2.43. The monoisotopic (exact) mass is 337 g/mol. The van der Waals surface area contributed by atoms with E-state index in [9.17, 15) is 4.39 Å². The summed E-state index contributed by atoms with van der Waals surface area (Å²) in [5.41, 5.74) is 2.97. The first kappa shape index (κ1) is 15.0. The van der Waals surface area contributed by atoms with Crippen LogP contribution in [0.1, 0.15) is 22.7 Å². The standard InChI is InChI=1S/C16H17BrFNO/c1-10-8-12(18)5-7-13(10)16(19-2)14-6-4-11(17)9-15(14)20-3/h4-9,16,19H,1-3H3. The van der Waals surface area contributed by atoms with Gasteiger partial charge in [-0.3, -0.25) is 0 Å². The molecule has 0 aromatic heterocycles. The Morgan fingerprint density at radius 3 is 2.45 bits per heavy atom. The second kappa shape index (κ2) is 6.37. The first-order chi connectivity index (χ1) is 9.56. The first-order valence-corrected chi connectivity index (χ1v) is 7.13. The molecule has 106 valence electrons. The van der Waals surface area contributed by atoms with Gasteiger partial charge in [0.25, 0.3) is 0 Å². The van der Waals surface area contributed by atoms with Crippen LogP contribution in [0.4, 0.5) is 4.39 Å². The van der Waals surface area contributed by atoms with Gasteiger partial charge in [-0.2, -0.15) is 0 Å². The summed E-state index contributed by atoms with van der Waals surface area (Å²) in [5.74, 6) is 0.575. The van der Waals surface area contributed by atoms with E-state index in [1.165, 1.54) is 6.07 Å². The molecule has 0 aliphatic carbocycles. The minimum absolute atomic E-state index is 0.0429. The van der Waals surface area contributed by atoms with Gasteiger partial charge in [0.15, 0.2) is 0 Å². The number of aryl methyl sites for hydroxylation is 1. The topological polar surface area (TPSA) is 21.3 Å². The molecule has 2 rings (SSSR count). The molecular weight excluding hydrogens is 321 g/mol. The van der Waals surface area contributed by atoms with E-state index in [0.717, 1.165) is 26.9 Å². The molecule has 2 nitrogen and oxygen atoms in total. The third-order valence-electron chi connectivity index (χ3n) is 3.34. The van der Waals surface area contributed by atoms with Gasteiger partial charge >= 0.3 is 0 Å². The molecule has 0 aliphatic rings. The lowest BCUT2D eigenvalue weighted by Gasteiger charge is -2.22. The summed E-state index contributed by atoms with van der Waals surface area (Å²) in [4.78, 5) is 0. The molecule has 0 fully saturated rings. The average molecular weight is 338 g/mol. The van der Waals surface area contributed by atoms with Gasteiger partial charge in [-0.1, -0.05) is 28.1 Å². The maximum atomic E-state index is 13.3. The number of ether oxygens (including phenoxy) is 1. The normalized spacial score (nSPS) is 12.2. The number of benzene rings is 2. The predicted molar refractivity (Wildman–Crippen MR) is 82.7 cm³/mol. The van der Waals surface area contributed by atoms with Crippen LogP contribution in [0.3, 0.4) is 0 Å². The lowest BCUT2D eigenvalue weighted by atomic mass is 9.94. The predicted octanol–water partition coefficient (Wildman–Crippen LogP) is 4.21. The Morgan fingerprint density at radius 2 is 1.85 bits per heavy atom. The highest BCUT2D eigenvalue weighted by Crippen LogP contribution is 2.33. The van der Waals surface area contributed by atoms with Gasteiger partial charge in [-0.25, -0.2) is 4.39 Å². The molecule has 20 heavy (non-hydrogen) atoms. The van der Waals surface area contributed by atoms with Crippen molar-refractivity contribution in [2.75, 3.05) is 14.2 Å². The summed E-state index contributed by atoms with van der Waals surface area (Å²) >= 11 is 3.44. The number of hydrogen-bond acceptors (Lipinski definition) is 2. The van der Waals surface area contributed by atoms with E-state index in [-0.39, 0.29) is 11.9 Å². The summed E-state index contributed by atoms with van der Waals surface area (Å²) in [5, 5.41) is 3.27.